The Morgan fingerprint density at radius 3 is 2.74 bits per heavy atom. The van der Waals surface area contributed by atoms with Gasteiger partial charge in [-0.25, -0.2) is 9.78 Å². The summed E-state index contributed by atoms with van der Waals surface area (Å²) < 4.78 is 12.3. The lowest BCUT2D eigenvalue weighted by molar-refractivity contribution is -0.121. The highest BCUT2D eigenvalue weighted by Crippen LogP contribution is 2.32. The van der Waals surface area contributed by atoms with Crippen molar-refractivity contribution in [1.82, 2.24) is 9.55 Å². The largest absolute Gasteiger partial charge is 0.482 e. The molecule has 1 fully saturated rings. The number of aromatic nitrogens is 2. The molecule has 5 rings (SSSR count). The maximum atomic E-state index is 13.2. The van der Waals surface area contributed by atoms with Gasteiger partial charge in [-0.2, -0.15) is 0 Å². The van der Waals surface area contributed by atoms with Crippen molar-refractivity contribution in [3.8, 4) is 5.75 Å². The maximum absolute atomic E-state index is 13.2. The summed E-state index contributed by atoms with van der Waals surface area (Å²) >= 11 is 1.14. The summed E-state index contributed by atoms with van der Waals surface area (Å²) in [5, 5.41) is 0.324. The van der Waals surface area contributed by atoms with Crippen LogP contribution in [0.15, 0.2) is 29.3 Å². The molecule has 0 bridgehead atoms. The van der Waals surface area contributed by atoms with Crippen LogP contribution in [0.2, 0.25) is 0 Å². The van der Waals surface area contributed by atoms with Crippen molar-refractivity contribution >= 4 is 44.9 Å². The van der Waals surface area contributed by atoms with Crippen molar-refractivity contribution in [2.45, 2.75) is 51.7 Å². The molecule has 0 spiro atoms. The summed E-state index contributed by atoms with van der Waals surface area (Å²) in [6.45, 7) is 1.44. The van der Waals surface area contributed by atoms with Crippen LogP contribution in [0.1, 0.15) is 57.7 Å². The second-order valence-electron chi connectivity index (χ2n) is 8.93. The summed E-state index contributed by atoms with van der Waals surface area (Å²) in [5.41, 5.74) is 0.987. The van der Waals surface area contributed by atoms with E-state index in [2.05, 4.69) is 4.98 Å². The van der Waals surface area contributed by atoms with Gasteiger partial charge in [0.25, 0.3) is 11.5 Å². The first-order chi connectivity index (χ1) is 16.8. The lowest BCUT2D eigenvalue weighted by Gasteiger charge is -2.26. The number of benzene rings is 1. The first kappa shape index (κ1) is 23.2. The minimum absolute atomic E-state index is 0.0476. The molecule has 1 aromatic carbocycles. The van der Waals surface area contributed by atoms with Crippen molar-refractivity contribution in [2.24, 2.45) is 0 Å². The van der Waals surface area contributed by atoms with Gasteiger partial charge in [-0.1, -0.05) is 6.42 Å². The van der Waals surface area contributed by atoms with Crippen LogP contribution in [0.3, 0.4) is 0 Å². The van der Waals surface area contributed by atoms with Gasteiger partial charge in [0.2, 0.25) is 0 Å². The third kappa shape index (κ3) is 4.34. The second-order valence-corrected chi connectivity index (χ2v) is 9.93. The van der Waals surface area contributed by atoms with Crippen LogP contribution in [-0.2, 0) is 16.1 Å². The molecular weight excluding hydrogens is 470 g/mol. The number of fused-ring (bicyclic) bond motifs is 2. The average molecular weight is 496 g/mol. The number of hydrogen-bond donors (Lipinski definition) is 0. The normalized spacial score (nSPS) is 16.2. The summed E-state index contributed by atoms with van der Waals surface area (Å²) in [5.74, 6) is -0.425. The Labute approximate surface area is 205 Å². The molecule has 10 heteroatoms. The molecule has 0 N–H and O–H groups in total. The molecule has 182 valence electrons. The van der Waals surface area contributed by atoms with Crippen LogP contribution < -0.4 is 15.2 Å². The predicted molar refractivity (Wildman–Crippen MR) is 131 cm³/mol. The van der Waals surface area contributed by atoms with Gasteiger partial charge >= 0.3 is 5.97 Å². The highest BCUT2D eigenvalue weighted by molar-refractivity contribution is 7.20. The topological polar surface area (TPSA) is 108 Å². The van der Waals surface area contributed by atoms with Gasteiger partial charge in [-0.15, -0.1) is 11.3 Å². The van der Waals surface area contributed by atoms with Gasteiger partial charge in [-0.05, 0) is 56.4 Å². The molecule has 3 aromatic rings. The van der Waals surface area contributed by atoms with E-state index in [-0.39, 0.29) is 36.5 Å². The average Bonchev–Trinajstić information content (AvgIpc) is 3.20. The Hall–Kier alpha value is -3.53. The zero-order valence-corrected chi connectivity index (χ0v) is 20.4. The number of carbonyl (C=O) groups is 3. The van der Waals surface area contributed by atoms with Gasteiger partial charge in [0.1, 0.15) is 21.6 Å². The van der Waals surface area contributed by atoms with E-state index in [0.717, 1.165) is 43.4 Å². The number of thiophene rings is 1. The van der Waals surface area contributed by atoms with Crippen LogP contribution >= 0.6 is 11.3 Å². The van der Waals surface area contributed by atoms with Crippen molar-refractivity contribution < 1.29 is 23.9 Å². The number of esters is 1. The fraction of sp³-hybridized carbons (Fsp3) is 0.400. The molecule has 1 amide bonds. The molecule has 1 aliphatic carbocycles. The minimum Gasteiger partial charge on any atom is -0.482 e. The third-order valence-corrected chi connectivity index (χ3v) is 7.79. The Kier molecular flexibility index (Phi) is 6.14. The molecule has 2 aromatic heterocycles. The number of Topliss-reactive ketones (excluding diaryl/α,β-unsaturated/α-hetero) is 1. The van der Waals surface area contributed by atoms with Crippen molar-refractivity contribution in [3.63, 3.8) is 0 Å². The number of likely N-dealkylation sites (N-methyl/N-ethyl adjacent to an activating group) is 1. The molecule has 35 heavy (non-hydrogen) atoms. The van der Waals surface area contributed by atoms with E-state index in [9.17, 15) is 19.2 Å². The SMILES string of the molecule is Cc1c(C(=O)OC2CCCCC2)sc2ncn(CC(=O)c3ccc4c(c3)N(C)C(=O)CO4)c(=O)c12. The molecule has 9 nitrogen and oxygen atoms in total. The summed E-state index contributed by atoms with van der Waals surface area (Å²) in [6, 6.07) is 4.83. The molecule has 0 saturated heterocycles. The summed E-state index contributed by atoms with van der Waals surface area (Å²) in [7, 11) is 1.62. The highest BCUT2D eigenvalue weighted by Gasteiger charge is 2.26. The third-order valence-electron chi connectivity index (χ3n) is 6.61. The van der Waals surface area contributed by atoms with E-state index in [1.54, 1.807) is 32.2 Å². The Morgan fingerprint density at radius 2 is 1.97 bits per heavy atom. The number of hydrogen-bond acceptors (Lipinski definition) is 8. The molecule has 3 heterocycles. The number of ketones is 1. The zero-order chi connectivity index (χ0) is 24.7. The Balaban J connectivity index is 1.40. The van der Waals surface area contributed by atoms with Crippen LogP contribution in [0, 0.1) is 6.92 Å². The van der Waals surface area contributed by atoms with Gasteiger partial charge in [0, 0.05) is 12.6 Å². The maximum Gasteiger partial charge on any atom is 0.348 e. The first-order valence-corrected chi connectivity index (χ1v) is 12.4. The predicted octanol–water partition coefficient (Wildman–Crippen LogP) is 3.49. The van der Waals surface area contributed by atoms with E-state index in [0.29, 0.717) is 37.7 Å². The van der Waals surface area contributed by atoms with Gasteiger partial charge in [-0.3, -0.25) is 19.0 Å². The van der Waals surface area contributed by atoms with Crippen LogP contribution in [0.5, 0.6) is 5.75 Å². The first-order valence-electron chi connectivity index (χ1n) is 11.6. The monoisotopic (exact) mass is 495 g/mol. The van der Waals surface area contributed by atoms with Gasteiger partial charge in [0.15, 0.2) is 12.4 Å². The quantitative estimate of drug-likeness (QED) is 0.394. The molecule has 2 aliphatic rings. The van der Waals surface area contributed by atoms with E-state index >= 15 is 0 Å². The number of carbonyl (C=O) groups excluding carboxylic acids is 3. The highest BCUT2D eigenvalue weighted by atomic mass is 32.1. The zero-order valence-electron chi connectivity index (χ0n) is 19.5. The van der Waals surface area contributed by atoms with E-state index in [1.807, 2.05) is 0 Å². The fourth-order valence-corrected chi connectivity index (χ4v) is 5.57. The number of amides is 1. The molecule has 1 saturated carbocycles. The molecule has 0 unspecified atom stereocenters. The second kappa shape index (κ2) is 9.26. The Bertz CT molecular complexity index is 1400. The lowest BCUT2D eigenvalue weighted by Crippen LogP contribution is -2.35. The van der Waals surface area contributed by atoms with E-state index in [4.69, 9.17) is 9.47 Å². The molecular formula is C25H25N3O6S. The smallest absolute Gasteiger partial charge is 0.348 e. The molecule has 0 radical (unpaired) electrons. The van der Waals surface area contributed by atoms with Crippen LogP contribution in [0.4, 0.5) is 5.69 Å². The minimum atomic E-state index is -0.422. The molecule has 0 atom stereocenters. The van der Waals surface area contributed by atoms with Crippen LogP contribution in [-0.4, -0.2) is 47.0 Å². The number of anilines is 1. The lowest BCUT2D eigenvalue weighted by atomic mass is 9.98. The van der Waals surface area contributed by atoms with Crippen molar-refractivity contribution in [3.05, 3.63) is 50.9 Å². The number of nitrogens with zero attached hydrogens (tertiary/aromatic N) is 3. The van der Waals surface area contributed by atoms with E-state index in [1.165, 1.54) is 15.8 Å². The van der Waals surface area contributed by atoms with Crippen molar-refractivity contribution in [2.75, 3.05) is 18.6 Å². The van der Waals surface area contributed by atoms with Gasteiger partial charge in [0.05, 0.1) is 23.9 Å². The summed E-state index contributed by atoms with van der Waals surface area (Å²) in [4.78, 5) is 57.5. The van der Waals surface area contributed by atoms with Gasteiger partial charge < -0.3 is 14.4 Å². The molecule has 1 aliphatic heterocycles. The van der Waals surface area contributed by atoms with E-state index < -0.39 is 5.97 Å². The number of aryl methyl sites for hydroxylation is 1. The summed E-state index contributed by atoms with van der Waals surface area (Å²) in [6.07, 6.45) is 6.22. The standard InChI is InChI=1S/C25H25N3O6S/c1-14-21-23(35-22(14)25(32)34-16-6-4-3-5-7-16)26-13-28(24(21)31)11-18(29)15-8-9-19-17(10-15)27(2)20(30)12-33-19/h8-10,13,16H,3-7,11-12H2,1-2H3. The number of ether oxygens (including phenoxy) is 2. The van der Waals surface area contributed by atoms with Crippen molar-refractivity contribution in [1.29, 1.82) is 0 Å². The Morgan fingerprint density at radius 1 is 1.20 bits per heavy atom. The van der Waals surface area contributed by atoms with Crippen LogP contribution in [0.25, 0.3) is 10.2 Å². The number of rotatable bonds is 5. The fourth-order valence-electron chi connectivity index (χ4n) is 4.55.